The molecule has 0 radical (unpaired) electrons. The lowest BCUT2D eigenvalue weighted by molar-refractivity contribution is -0.119. The number of rotatable bonds is 4. The largest absolute Gasteiger partial charge is 0.459 e. The summed E-state index contributed by atoms with van der Waals surface area (Å²) in [6, 6.07) is 6.38. The Balaban J connectivity index is 1.82. The van der Waals surface area contributed by atoms with Crippen LogP contribution < -0.4 is 11.1 Å². The van der Waals surface area contributed by atoms with Crippen molar-refractivity contribution in [3.05, 3.63) is 57.4 Å². The van der Waals surface area contributed by atoms with Crippen LogP contribution in [0.25, 0.3) is 11.7 Å². The molecule has 2 aromatic heterocycles. The van der Waals surface area contributed by atoms with Gasteiger partial charge in [0.2, 0.25) is 5.91 Å². The smallest absolute Gasteiger partial charge is 0.438 e. The van der Waals surface area contributed by atoms with Crippen molar-refractivity contribution in [3.63, 3.8) is 0 Å². The number of nitrogens with one attached hydrogen (secondary N) is 1. The van der Waals surface area contributed by atoms with E-state index in [1.807, 2.05) is 0 Å². The SMILES string of the molecule is C[C@@H](C(=O)Nc1ccc(Br)cc1F)n1nc(-c2ccco2)oc1=O. The molecule has 7 nitrogen and oxygen atoms in total. The average Bonchev–Trinajstić information content (AvgIpc) is 3.18. The van der Waals surface area contributed by atoms with Crippen LogP contribution in [-0.4, -0.2) is 15.7 Å². The summed E-state index contributed by atoms with van der Waals surface area (Å²) < 4.78 is 25.2. The van der Waals surface area contributed by atoms with E-state index < -0.39 is 23.5 Å². The van der Waals surface area contributed by atoms with Crippen molar-refractivity contribution in [1.29, 1.82) is 0 Å². The number of furan rings is 1. The molecule has 1 amide bonds. The van der Waals surface area contributed by atoms with E-state index in [1.54, 1.807) is 18.2 Å². The summed E-state index contributed by atoms with van der Waals surface area (Å²) in [5, 5.41) is 6.34. The van der Waals surface area contributed by atoms with Crippen LogP contribution in [-0.2, 0) is 4.79 Å². The Bertz CT molecular complexity index is 933. The number of carbonyl (C=O) groups is 1. The highest BCUT2D eigenvalue weighted by atomic mass is 79.9. The first-order valence-electron chi connectivity index (χ1n) is 6.85. The average molecular weight is 396 g/mol. The summed E-state index contributed by atoms with van der Waals surface area (Å²) in [6.07, 6.45) is 1.40. The van der Waals surface area contributed by atoms with Gasteiger partial charge in [0.15, 0.2) is 5.76 Å². The Morgan fingerprint density at radius 1 is 1.42 bits per heavy atom. The van der Waals surface area contributed by atoms with Crippen molar-refractivity contribution in [3.8, 4) is 11.7 Å². The molecule has 0 aliphatic heterocycles. The molecule has 0 aliphatic carbocycles. The summed E-state index contributed by atoms with van der Waals surface area (Å²) in [5.41, 5.74) is -0.00199. The van der Waals surface area contributed by atoms with E-state index in [2.05, 4.69) is 26.3 Å². The standard InChI is InChI=1S/C15H11BrFN3O4/c1-8(13(21)18-11-5-4-9(16)7-10(11)17)20-15(22)24-14(19-20)12-3-2-6-23-12/h2-8H,1H3,(H,18,21)/t8-/m0/s1. The van der Waals surface area contributed by atoms with Gasteiger partial charge in [-0.1, -0.05) is 15.9 Å². The molecule has 124 valence electrons. The fourth-order valence-corrected chi connectivity index (χ4v) is 2.31. The highest BCUT2D eigenvalue weighted by Crippen LogP contribution is 2.21. The Labute approximate surface area is 143 Å². The lowest BCUT2D eigenvalue weighted by atomic mass is 10.2. The van der Waals surface area contributed by atoms with E-state index in [4.69, 9.17) is 8.83 Å². The number of anilines is 1. The fraction of sp³-hybridized carbons (Fsp3) is 0.133. The minimum atomic E-state index is -1.01. The van der Waals surface area contributed by atoms with Gasteiger partial charge in [-0.05, 0) is 37.3 Å². The molecule has 0 spiro atoms. The van der Waals surface area contributed by atoms with E-state index in [0.717, 1.165) is 4.68 Å². The van der Waals surface area contributed by atoms with Crippen molar-refractivity contribution in [1.82, 2.24) is 9.78 Å². The van der Waals surface area contributed by atoms with Gasteiger partial charge in [-0.2, -0.15) is 4.68 Å². The topological polar surface area (TPSA) is 90.3 Å². The molecule has 9 heteroatoms. The number of aromatic nitrogens is 2. The van der Waals surface area contributed by atoms with Gasteiger partial charge in [-0.15, -0.1) is 5.10 Å². The molecule has 0 aliphatic rings. The number of amides is 1. The van der Waals surface area contributed by atoms with Crippen LogP contribution in [0.2, 0.25) is 0 Å². The van der Waals surface area contributed by atoms with Crippen LogP contribution in [0.4, 0.5) is 10.1 Å². The van der Waals surface area contributed by atoms with Gasteiger partial charge in [-0.3, -0.25) is 4.79 Å². The third kappa shape index (κ3) is 3.16. The Hall–Kier alpha value is -2.68. The van der Waals surface area contributed by atoms with Crippen LogP contribution in [0.15, 0.2) is 54.7 Å². The van der Waals surface area contributed by atoms with Crippen molar-refractivity contribution >= 4 is 27.5 Å². The van der Waals surface area contributed by atoms with Gasteiger partial charge in [0, 0.05) is 4.47 Å². The number of carbonyl (C=O) groups excluding carboxylic acids is 1. The maximum absolute atomic E-state index is 13.8. The number of halogens is 2. The summed E-state index contributed by atoms with van der Waals surface area (Å²) in [6.45, 7) is 1.45. The first-order chi connectivity index (χ1) is 11.5. The lowest BCUT2D eigenvalue weighted by Gasteiger charge is -2.11. The molecule has 1 N–H and O–H groups in total. The maximum Gasteiger partial charge on any atom is 0.438 e. The second-order valence-electron chi connectivity index (χ2n) is 4.88. The highest BCUT2D eigenvalue weighted by molar-refractivity contribution is 9.10. The van der Waals surface area contributed by atoms with E-state index in [-0.39, 0.29) is 17.3 Å². The molecule has 1 aromatic carbocycles. The number of hydrogen-bond acceptors (Lipinski definition) is 5. The second-order valence-corrected chi connectivity index (χ2v) is 5.80. The summed E-state index contributed by atoms with van der Waals surface area (Å²) >= 11 is 3.13. The van der Waals surface area contributed by atoms with Crippen LogP contribution in [0, 0.1) is 5.82 Å². The van der Waals surface area contributed by atoms with Crippen molar-refractivity contribution < 1.29 is 18.0 Å². The van der Waals surface area contributed by atoms with Gasteiger partial charge < -0.3 is 14.2 Å². The number of benzene rings is 1. The Kier molecular flexibility index (Phi) is 4.34. The van der Waals surface area contributed by atoms with E-state index in [0.29, 0.717) is 4.47 Å². The molecule has 3 aromatic rings. The minimum Gasteiger partial charge on any atom is -0.459 e. The zero-order valence-corrected chi connectivity index (χ0v) is 13.9. The Morgan fingerprint density at radius 3 is 2.88 bits per heavy atom. The summed E-state index contributed by atoms with van der Waals surface area (Å²) in [7, 11) is 0. The summed E-state index contributed by atoms with van der Waals surface area (Å²) in [4.78, 5) is 24.1. The van der Waals surface area contributed by atoms with Crippen molar-refractivity contribution in [2.24, 2.45) is 0 Å². The molecule has 0 fully saturated rings. The third-order valence-electron chi connectivity index (χ3n) is 3.24. The first-order valence-corrected chi connectivity index (χ1v) is 7.64. The van der Waals surface area contributed by atoms with Gasteiger partial charge in [0.1, 0.15) is 11.9 Å². The van der Waals surface area contributed by atoms with Crippen molar-refractivity contribution in [2.45, 2.75) is 13.0 Å². The Morgan fingerprint density at radius 2 is 2.21 bits per heavy atom. The molecule has 0 saturated heterocycles. The second kappa shape index (κ2) is 6.44. The van der Waals surface area contributed by atoms with Crippen LogP contribution in [0.5, 0.6) is 0 Å². The molecule has 3 rings (SSSR count). The van der Waals surface area contributed by atoms with Gasteiger partial charge >= 0.3 is 5.76 Å². The molecule has 2 heterocycles. The molecular formula is C15H11BrFN3O4. The lowest BCUT2D eigenvalue weighted by Crippen LogP contribution is -2.30. The van der Waals surface area contributed by atoms with E-state index in [9.17, 15) is 14.0 Å². The zero-order chi connectivity index (χ0) is 17.3. The van der Waals surface area contributed by atoms with Gasteiger partial charge in [0.05, 0.1) is 12.0 Å². The van der Waals surface area contributed by atoms with Gasteiger partial charge in [-0.25, -0.2) is 9.18 Å². The molecule has 1 atom stereocenters. The van der Waals surface area contributed by atoms with E-state index >= 15 is 0 Å². The number of nitrogens with zero attached hydrogens (tertiary/aromatic N) is 2. The predicted octanol–water partition coefficient (Wildman–Crippen LogP) is 3.20. The van der Waals surface area contributed by atoms with E-state index in [1.165, 1.54) is 25.3 Å². The minimum absolute atomic E-state index is 0.00199. The molecule has 24 heavy (non-hydrogen) atoms. The van der Waals surface area contributed by atoms with Crippen LogP contribution in [0.1, 0.15) is 13.0 Å². The normalized spacial score (nSPS) is 12.1. The quantitative estimate of drug-likeness (QED) is 0.732. The fourth-order valence-electron chi connectivity index (χ4n) is 1.97. The third-order valence-corrected chi connectivity index (χ3v) is 3.73. The van der Waals surface area contributed by atoms with Crippen LogP contribution >= 0.6 is 15.9 Å². The van der Waals surface area contributed by atoms with Gasteiger partial charge in [0.25, 0.3) is 5.89 Å². The zero-order valence-electron chi connectivity index (χ0n) is 12.3. The number of hydrogen-bond donors (Lipinski definition) is 1. The molecule has 0 bridgehead atoms. The maximum atomic E-state index is 13.8. The summed E-state index contributed by atoms with van der Waals surface area (Å²) in [5.74, 6) is -1.82. The monoisotopic (exact) mass is 395 g/mol. The molecule has 0 saturated carbocycles. The van der Waals surface area contributed by atoms with Crippen LogP contribution in [0.3, 0.4) is 0 Å². The van der Waals surface area contributed by atoms with Crippen molar-refractivity contribution in [2.75, 3.05) is 5.32 Å². The first kappa shape index (κ1) is 16.2. The molecule has 0 unspecified atom stereocenters. The molecular weight excluding hydrogens is 385 g/mol. The highest BCUT2D eigenvalue weighted by Gasteiger charge is 2.23. The predicted molar refractivity (Wildman–Crippen MR) is 85.9 cm³/mol.